The lowest BCUT2D eigenvalue weighted by Crippen LogP contribution is -2.08. The Kier molecular flexibility index (Phi) is 7.47. The van der Waals surface area contributed by atoms with Gasteiger partial charge in [0.2, 0.25) is 0 Å². The Bertz CT molecular complexity index is 376. The van der Waals surface area contributed by atoms with Crippen LogP contribution >= 0.6 is 11.6 Å². The number of ether oxygens (including phenoxy) is 1. The quantitative estimate of drug-likeness (QED) is 0.504. The van der Waals surface area contributed by atoms with Crippen molar-refractivity contribution in [2.45, 2.75) is 65.3 Å². The fourth-order valence-electron chi connectivity index (χ4n) is 2.41. The van der Waals surface area contributed by atoms with Gasteiger partial charge in [0, 0.05) is 31.0 Å². The van der Waals surface area contributed by atoms with E-state index in [9.17, 15) is 0 Å². The van der Waals surface area contributed by atoms with Crippen molar-refractivity contribution < 1.29 is 4.74 Å². The first-order valence-corrected chi connectivity index (χ1v) is 7.93. The summed E-state index contributed by atoms with van der Waals surface area (Å²) < 4.78 is 7.53. The van der Waals surface area contributed by atoms with Crippen molar-refractivity contribution in [1.29, 1.82) is 0 Å². The molecular formula is C15H27ClN2O. The van der Waals surface area contributed by atoms with Crippen LogP contribution in [0, 0.1) is 0 Å². The summed E-state index contributed by atoms with van der Waals surface area (Å²) in [7, 11) is 0. The van der Waals surface area contributed by atoms with Crippen LogP contribution < -0.4 is 0 Å². The zero-order valence-corrected chi connectivity index (χ0v) is 13.5. The van der Waals surface area contributed by atoms with Crippen molar-refractivity contribution in [1.82, 2.24) is 9.78 Å². The second kappa shape index (κ2) is 8.60. The van der Waals surface area contributed by atoms with E-state index in [1.807, 2.05) is 6.92 Å². The molecule has 1 heterocycles. The molecule has 19 heavy (non-hydrogen) atoms. The van der Waals surface area contributed by atoms with Crippen LogP contribution in [0.15, 0.2) is 0 Å². The van der Waals surface area contributed by atoms with Gasteiger partial charge in [-0.25, -0.2) is 0 Å². The summed E-state index contributed by atoms with van der Waals surface area (Å²) >= 11 is 6.48. The van der Waals surface area contributed by atoms with E-state index in [1.165, 1.54) is 11.3 Å². The Morgan fingerprint density at radius 3 is 2.47 bits per heavy atom. The standard InChI is InChI=1S/C15H27ClN2O/c1-5-12(16)15-13(6-2)17-18(14(15)7-3)10-9-11-19-8-4/h12H,5-11H2,1-4H3. The third-order valence-corrected chi connectivity index (χ3v) is 3.91. The zero-order chi connectivity index (χ0) is 14.3. The first kappa shape index (κ1) is 16.5. The number of alkyl halides is 1. The number of halogens is 1. The summed E-state index contributed by atoms with van der Waals surface area (Å²) in [5, 5.41) is 4.83. The van der Waals surface area contributed by atoms with Crippen LogP contribution in [0.3, 0.4) is 0 Å². The van der Waals surface area contributed by atoms with Gasteiger partial charge in [-0.2, -0.15) is 5.10 Å². The lowest BCUT2D eigenvalue weighted by Gasteiger charge is -2.11. The van der Waals surface area contributed by atoms with Crippen molar-refractivity contribution >= 4 is 11.6 Å². The Morgan fingerprint density at radius 1 is 1.21 bits per heavy atom. The molecule has 0 saturated carbocycles. The second-order valence-corrected chi connectivity index (χ2v) is 5.19. The fourth-order valence-corrected chi connectivity index (χ4v) is 2.66. The maximum Gasteiger partial charge on any atom is 0.0671 e. The fraction of sp³-hybridized carbons (Fsp3) is 0.800. The molecule has 1 rings (SSSR count). The smallest absolute Gasteiger partial charge is 0.0671 e. The van der Waals surface area contributed by atoms with Crippen LogP contribution in [-0.4, -0.2) is 23.0 Å². The maximum atomic E-state index is 6.48. The normalized spacial score (nSPS) is 12.9. The van der Waals surface area contributed by atoms with Gasteiger partial charge in [0.15, 0.2) is 0 Å². The zero-order valence-electron chi connectivity index (χ0n) is 12.7. The molecule has 0 aliphatic heterocycles. The molecule has 0 spiro atoms. The minimum atomic E-state index is 0.0885. The van der Waals surface area contributed by atoms with Gasteiger partial charge in [0.05, 0.1) is 11.1 Å². The van der Waals surface area contributed by atoms with Gasteiger partial charge in [0.1, 0.15) is 0 Å². The molecule has 3 nitrogen and oxygen atoms in total. The first-order valence-electron chi connectivity index (χ1n) is 7.49. The lowest BCUT2D eigenvalue weighted by molar-refractivity contribution is 0.140. The predicted molar refractivity (Wildman–Crippen MR) is 81.0 cm³/mol. The molecule has 1 aromatic rings. The van der Waals surface area contributed by atoms with Gasteiger partial charge < -0.3 is 4.74 Å². The van der Waals surface area contributed by atoms with Crippen molar-refractivity contribution in [2.24, 2.45) is 0 Å². The van der Waals surface area contributed by atoms with Crippen LogP contribution in [0.1, 0.15) is 62.9 Å². The average molecular weight is 287 g/mol. The van der Waals surface area contributed by atoms with Gasteiger partial charge in [-0.1, -0.05) is 20.8 Å². The van der Waals surface area contributed by atoms with Crippen LogP contribution in [0.4, 0.5) is 0 Å². The molecule has 1 aromatic heterocycles. The lowest BCUT2D eigenvalue weighted by atomic mass is 10.0. The summed E-state index contributed by atoms with van der Waals surface area (Å²) in [6.07, 6.45) is 3.89. The van der Waals surface area contributed by atoms with Gasteiger partial charge in [-0.3, -0.25) is 4.68 Å². The third kappa shape index (κ3) is 4.22. The molecule has 1 unspecified atom stereocenters. The molecule has 0 aromatic carbocycles. The van der Waals surface area contributed by atoms with Crippen LogP contribution in [0.5, 0.6) is 0 Å². The van der Waals surface area contributed by atoms with Crippen molar-refractivity contribution in [3.05, 3.63) is 17.0 Å². The monoisotopic (exact) mass is 286 g/mol. The van der Waals surface area contributed by atoms with E-state index in [0.29, 0.717) is 0 Å². The van der Waals surface area contributed by atoms with Crippen molar-refractivity contribution in [2.75, 3.05) is 13.2 Å². The molecule has 1 atom stereocenters. The summed E-state index contributed by atoms with van der Waals surface area (Å²) in [5.41, 5.74) is 3.73. The topological polar surface area (TPSA) is 27.1 Å². The predicted octanol–water partition coefficient (Wildman–Crippen LogP) is 4.12. The molecule has 0 aliphatic carbocycles. The Balaban J connectivity index is 2.88. The van der Waals surface area contributed by atoms with E-state index in [0.717, 1.165) is 51.1 Å². The first-order chi connectivity index (χ1) is 9.19. The molecule has 0 N–H and O–H groups in total. The largest absolute Gasteiger partial charge is 0.382 e. The van der Waals surface area contributed by atoms with Gasteiger partial charge >= 0.3 is 0 Å². The highest BCUT2D eigenvalue weighted by Crippen LogP contribution is 2.31. The van der Waals surface area contributed by atoms with E-state index < -0.39 is 0 Å². The number of aromatic nitrogens is 2. The highest BCUT2D eigenvalue weighted by molar-refractivity contribution is 6.20. The van der Waals surface area contributed by atoms with Crippen LogP contribution in [0.25, 0.3) is 0 Å². The second-order valence-electron chi connectivity index (χ2n) is 4.66. The highest BCUT2D eigenvalue weighted by Gasteiger charge is 2.20. The van der Waals surface area contributed by atoms with Crippen molar-refractivity contribution in [3.63, 3.8) is 0 Å². The number of rotatable bonds is 9. The molecule has 4 heteroatoms. The SMILES string of the molecule is CCOCCCn1nc(CC)c(C(Cl)CC)c1CC. The molecule has 0 radical (unpaired) electrons. The summed E-state index contributed by atoms with van der Waals surface area (Å²) in [4.78, 5) is 0. The van der Waals surface area contributed by atoms with E-state index in [1.54, 1.807) is 0 Å². The molecule has 0 aliphatic rings. The Labute approximate surface area is 122 Å². The van der Waals surface area contributed by atoms with Gasteiger partial charge in [0.25, 0.3) is 0 Å². The van der Waals surface area contributed by atoms with E-state index in [-0.39, 0.29) is 5.38 Å². The van der Waals surface area contributed by atoms with E-state index in [4.69, 9.17) is 21.4 Å². The minimum Gasteiger partial charge on any atom is -0.382 e. The van der Waals surface area contributed by atoms with E-state index in [2.05, 4.69) is 25.5 Å². The minimum absolute atomic E-state index is 0.0885. The molecule has 0 saturated heterocycles. The molecule has 0 amide bonds. The summed E-state index contributed by atoms with van der Waals surface area (Å²) in [6.45, 7) is 11.0. The average Bonchev–Trinajstić information content (AvgIpc) is 2.80. The van der Waals surface area contributed by atoms with E-state index >= 15 is 0 Å². The van der Waals surface area contributed by atoms with Crippen molar-refractivity contribution in [3.8, 4) is 0 Å². The number of aryl methyl sites for hydroxylation is 2. The molecular weight excluding hydrogens is 260 g/mol. The third-order valence-electron chi connectivity index (χ3n) is 3.38. The van der Waals surface area contributed by atoms with Gasteiger partial charge in [-0.15, -0.1) is 11.6 Å². The van der Waals surface area contributed by atoms with Crippen LogP contribution in [0.2, 0.25) is 0 Å². The maximum absolute atomic E-state index is 6.48. The Hall–Kier alpha value is -0.540. The number of hydrogen-bond donors (Lipinski definition) is 0. The molecule has 110 valence electrons. The highest BCUT2D eigenvalue weighted by atomic mass is 35.5. The van der Waals surface area contributed by atoms with Crippen LogP contribution in [-0.2, 0) is 24.1 Å². The number of hydrogen-bond acceptors (Lipinski definition) is 2. The summed E-state index contributed by atoms with van der Waals surface area (Å²) in [6, 6.07) is 0. The number of nitrogens with zero attached hydrogens (tertiary/aromatic N) is 2. The molecule has 0 fully saturated rings. The van der Waals surface area contributed by atoms with Gasteiger partial charge in [-0.05, 0) is 32.6 Å². The summed E-state index contributed by atoms with van der Waals surface area (Å²) in [5.74, 6) is 0. The Morgan fingerprint density at radius 2 is 1.95 bits per heavy atom. The molecule has 0 bridgehead atoms.